The van der Waals surface area contributed by atoms with Crippen molar-refractivity contribution in [3.05, 3.63) is 29.8 Å². The van der Waals surface area contributed by atoms with Gasteiger partial charge in [0.25, 0.3) is 0 Å². The lowest BCUT2D eigenvalue weighted by molar-refractivity contribution is -0.135. The zero-order valence-corrected chi connectivity index (χ0v) is 13.0. The summed E-state index contributed by atoms with van der Waals surface area (Å²) >= 11 is 1.93. The van der Waals surface area contributed by atoms with Gasteiger partial charge in [-0.2, -0.15) is 0 Å². The first-order valence-corrected chi connectivity index (χ1v) is 8.61. The Balaban J connectivity index is 1.38. The van der Waals surface area contributed by atoms with E-state index in [1.54, 1.807) is 0 Å². The van der Waals surface area contributed by atoms with Crippen LogP contribution >= 0.6 is 11.8 Å². The van der Waals surface area contributed by atoms with Gasteiger partial charge in [-0.25, -0.2) is 0 Å². The molecule has 1 aromatic carbocycles. The van der Waals surface area contributed by atoms with Gasteiger partial charge in [0.2, 0.25) is 5.91 Å². The number of amides is 1. The number of carbonyl (C=O) groups excluding carboxylic acids is 1. The molecule has 0 spiro atoms. The van der Waals surface area contributed by atoms with Gasteiger partial charge < -0.3 is 15.0 Å². The van der Waals surface area contributed by atoms with Gasteiger partial charge in [0.15, 0.2) is 0 Å². The molecule has 3 rings (SSSR count). The maximum Gasteiger partial charge on any atom is 0.224 e. The van der Waals surface area contributed by atoms with E-state index >= 15 is 0 Å². The van der Waals surface area contributed by atoms with Crippen LogP contribution in [0, 0.1) is 0 Å². The van der Waals surface area contributed by atoms with Gasteiger partial charge in [0.05, 0.1) is 13.2 Å². The highest BCUT2D eigenvalue weighted by molar-refractivity contribution is 7.99. The second-order valence-electron chi connectivity index (χ2n) is 5.49. The van der Waals surface area contributed by atoms with Crippen LogP contribution in [0.5, 0.6) is 0 Å². The van der Waals surface area contributed by atoms with Crippen LogP contribution in [0.1, 0.15) is 17.9 Å². The van der Waals surface area contributed by atoms with Gasteiger partial charge in [-0.15, -0.1) is 11.8 Å². The van der Waals surface area contributed by atoms with Crippen molar-refractivity contribution in [1.82, 2.24) is 10.2 Å². The number of fused-ring (bicyclic) bond motifs is 1. The molecular formula is C16H22N2O2S. The Morgan fingerprint density at radius 2 is 2.14 bits per heavy atom. The minimum Gasteiger partial charge on any atom is -0.378 e. The third-order valence-corrected chi connectivity index (χ3v) is 5.32. The number of hydrogen-bond acceptors (Lipinski definition) is 4. The zero-order chi connectivity index (χ0) is 14.5. The minimum absolute atomic E-state index is 0.243. The molecule has 1 aromatic rings. The molecule has 0 saturated carbocycles. The maximum atomic E-state index is 12.0. The van der Waals surface area contributed by atoms with Crippen molar-refractivity contribution < 1.29 is 9.53 Å². The molecule has 4 nitrogen and oxygen atoms in total. The summed E-state index contributed by atoms with van der Waals surface area (Å²) in [5, 5.41) is 3.45. The molecule has 5 heteroatoms. The van der Waals surface area contributed by atoms with Crippen LogP contribution in [0.25, 0.3) is 0 Å². The highest BCUT2D eigenvalue weighted by Crippen LogP contribution is 2.38. The minimum atomic E-state index is 0.243. The normalized spacial score (nSPS) is 21.3. The van der Waals surface area contributed by atoms with Crippen molar-refractivity contribution in [3.63, 3.8) is 0 Å². The smallest absolute Gasteiger partial charge is 0.224 e. The van der Waals surface area contributed by atoms with Crippen LogP contribution in [0.4, 0.5) is 0 Å². The first kappa shape index (κ1) is 14.9. The zero-order valence-electron chi connectivity index (χ0n) is 12.2. The van der Waals surface area contributed by atoms with Crippen LogP contribution in [-0.4, -0.2) is 56.0 Å². The summed E-state index contributed by atoms with van der Waals surface area (Å²) in [7, 11) is 0. The molecule has 1 fully saturated rings. The Morgan fingerprint density at radius 1 is 1.33 bits per heavy atom. The number of nitrogens with one attached hydrogen (secondary N) is 1. The number of hydrogen-bond donors (Lipinski definition) is 1. The lowest BCUT2D eigenvalue weighted by Crippen LogP contribution is -2.41. The van der Waals surface area contributed by atoms with Crippen molar-refractivity contribution in [3.8, 4) is 0 Å². The Morgan fingerprint density at radius 3 is 3.00 bits per heavy atom. The fourth-order valence-electron chi connectivity index (χ4n) is 2.84. The van der Waals surface area contributed by atoms with Crippen LogP contribution in [0.15, 0.2) is 29.2 Å². The molecule has 0 aromatic heterocycles. The molecule has 1 atom stereocenters. The average molecular weight is 306 g/mol. The summed E-state index contributed by atoms with van der Waals surface area (Å²) in [5.74, 6) is 1.96. The second kappa shape index (κ2) is 7.29. The van der Waals surface area contributed by atoms with Crippen molar-refractivity contribution in [2.45, 2.75) is 17.2 Å². The summed E-state index contributed by atoms with van der Waals surface area (Å²) in [6.07, 6.45) is 0.585. The van der Waals surface area contributed by atoms with E-state index in [-0.39, 0.29) is 5.91 Å². The third-order valence-electron chi connectivity index (χ3n) is 4.07. The summed E-state index contributed by atoms with van der Waals surface area (Å²) < 4.78 is 5.26. The largest absolute Gasteiger partial charge is 0.378 e. The van der Waals surface area contributed by atoms with Crippen LogP contribution in [0.3, 0.4) is 0 Å². The SMILES string of the molecule is O=C(CCNCC1CSc2ccccc21)N1CCOCC1. The topological polar surface area (TPSA) is 41.6 Å². The molecule has 2 aliphatic heterocycles. The van der Waals surface area contributed by atoms with Gasteiger partial charge in [0, 0.05) is 49.2 Å². The van der Waals surface area contributed by atoms with Crippen molar-refractivity contribution in [2.24, 2.45) is 0 Å². The first-order valence-electron chi connectivity index (χ1n) is 7.62. The molecule has 1 N–H and O–H groups in total. The molecule has 21 heavy (non-hydrogen) atoms. The predicted octanol–water partition coefficient (Wildman–Crippen LogP) is 1.71. The fourth-order valence-corrected chi connectivity index (χ4v) is 4.10. The second-order valence-corrected chi connectivity index (χ2v) is 6.55. The number of thioether (sulfide) groups is 1. The standard InChI is InChI=1S/C16H22N2O2S/c19-16(18-7-9-20-10-8-18)5-6-17-11-13-12-21-15-4-2-1-3-14(13)15/h1-4,13,17H,5-12H2. The Hall–Kier alpha value is -1.04. The van der Waals surface area contributed by atoms with E-state index in [9.17, 15) is 4.79 Å². The van der Waals surface area contributed by atoms with E-state index in [1.807, 2.05) is 16.7 Å². The Labute approximate surface area is 130 Å². The molecule has 114 valence electrons. The summed E-state index contributed by atoms with van der Waals surface area (Å²) in [6.45, 7) is 4.56. The van der Waals surface area contributed by atoms with E-state index in [0.29, 0.717) is 25.6 Å². The van der Waals surface area contributed by atoms with E-state index in [1.165, 1.54) is 10.5 Å². The summed E-state index contributed by atoms with van der Waals surface area (Å²) in [6, 6.07) is 8.63. The molecule has 0 radical (unpaired) electrons. The Bertz CT molecular complexity index is 489. The van der Waals surface area contributed by atoms with Crippen LogP contribution < -0.4 is 5.32 Å². The molecular weight excluding hydrogens is 284 g/mol. The molecule has 0 aliphatic carbocycles. The summed E-state index contributed by atoms with van der Waals surface area (Å²) in [5.41, 5.74) is 1.45. The van der Waals surface area contributed by atoms with Crippen LogP contribution in [-0.2, 0) is 9.53 Å². The van der Waals surface area contributed by atoms with E-state index in [2.05, 4.69) is 29.6 Å². The first-order chi connectivity index (χ1) is 10.3. The van der Waals surface area contributed by atoms with Gasteiger partial charge >= 0.3 is 0 Å². The van der Waals surface area contributed by atoms with E-state index in [0.717, 1.165) is 31.9 Å². The summed E-state index contributed by atoms with van der Waals surface area (Å²) in [4.78, 5) is 15.3. The third kappa shape index (κ3) is 3.78. The van der Waals surface area contributed by atoms with Crippen molar-refractivity contribution in [2.75, 3.05) is 45.1 Å². The monoisotopic (exact) mass is 306 g/mol. The Kier molecular flexibility index (Phi) is 5.17. The van der Waals surface area contributed by atoms with E-state index in [4.69, 9.17) is 4.74 Å². The number of nitrogens with zero attached hydrogens (tertiary/aromatic N) is 1. The van der Waals surface area contributed by atoms with Gasteiger partial charge in [0.1, 0.15) is 0 Å². The van der Waals surface area contributed by atoms with E-state index < -0.39 is 0 Å². The maximum absolute atomic E-state index is 12.0. The highest BCUT2D eigenvalue weighted by Gasteiger charge is 2.22. The molecule has 1 amide bonds. The fraction of sp³-hybridized carbons (Fsp3) is 0.562. The lowest BCUT2D eigenvalue weighted by Gasteiger charge is -2.27. The highest BCUT2D eigenvalue weighted by atomic mass is 32.2. The average Bonchev–Trinajstić information content (AvgIpc) is 2.95. The number of benzene rings is 1. The lowest BCUT2D eigenvalue weighted by atomic mass is 10.0. The number of ether oxygens (including phenoxy) is 1. The molecule has 1 unspecified atom stereocenters. The number of morpholine rings is 1. The quantitative estimate of drug-likeness (QED) is 0.841. The molecule has 2 aliphatic rings. The molecule has 0 bridgehead atoms. The number of rotatable bonds is 5. The van der Waals surface area contributed by atoms with Gasteiger partial charge in [-0.3, -0.25) is 4.79 Å². The number of carbonyl (C=O) groups is 1. The molecule has 1 saturated heterocycles. The van der Waals surface area contributed by atoms with Crippen molar-refractivity contribution >= 4 is 17.7 Å². The van der Waals surface area contributed by atoms with Gasteiger partial charge in [-0.05, 0) is 11.6 Å². The van der Waals surface area contributed by atoms with Gasteiger partial charge in [-0.1, -0.05) is 18.2 Å². The van der Waals surface area contributed by atoms with Crippen molar-refractivity contribution in [1.29, 1.82) is 0 Å². The molecule has 2 heterocycles. The van der Waals surface area contributed by atoms with Crippen LogP contribution in [0.2, 0.25) is 0 Å². The predicted molar refractivity (Wildman–Crippen MR) is 84.8 cm³/mol.